The average molecular weight is 505 g/mol. The van der Waals surface area contributed by atoms with E-state index in [1.54, 1.807) is 0 Å². The zero-order chi connectivity index (χ0) is 26.1. The molecule has 2 atom stereocenters. The second-order valence-corrected chi connectivity index (χ2v) is 9.54. The highest BCUT2D eigenvalue weighted by atomic mass is 19.4. The summed E-state index contributed by atoms with van der Waals surface area (Å²) in [6, 6.07) is 7.04. The zero-order valence-corrected chi connectivity index (χ0v) is 20.4. The number of likely N-dealkylation sites (tertiary alicyclic amines) is 1. The number of hydrogen-bond acceptors (Lipinski definition) is 6. The van der Waals surface area contributed by atoms with Gasteiger partial charge in [0.05, 0.1) is 29.6 Å². The van der Waals surface area contributed by atoms with E-state index < -0.39 is 17.3 Å². The van der Waals surface area contributed by atoms with Crippen LogP contribution < -0.4 is 10.6 Å². The van der Waals surface area contributed by atoms with Crippen LogP contribution in [-0.2, 0) is 24.1 Å². The van der Waals surface area contributed by atoms with E-state index in [0.717, 1.165) is 23.1 Å². The van der Waals surface area contributed by atoms with Gasteiger partial charge in [-0.25, -0.2) is 9.97 Å². The Hall–Kier alpha value is -3.18. The van der Waals surface area contributed by atoms with Gasteiger partial charge in [-0.05, 0) is 43.0 Å². The van der Waals surface area contributed by atoms with Crippen molar-refractivity contribution in [3.63, 3.8) is 0 Å². The Morgan fingerprint density at radius 1 is 1.25 bits per heavy atom. The van der Waals surface area contributed by atoms with Crippen LogP contribution in [0.3, 0.4) is 0 Å². The molecule has 1 saturated heterocycles. The molecule has 0 saturated carbocycles. The lowest BCUT2D eigenvalue weighted by Crippen LogP contribution is -2.54. The summed E-state index contributed by atoms with van der Waals surface area (Å²) in [7, 11) is 0. The minimum atomic E-state index is -4.37. The molecule has 4 rings (SSSR count). The predicted molar refractivity (Wildman–Crippen MR) is 130 cm³/mol. The fraction of sp³-hybridized carbons (Fsp3) is 0.480. The lowest BCUT2D eigenvalue weighted by atomic mass is 9.82. The van der Waals surface area contributed by atoms with Crippen LogP contribution in [0.4, 0.5) is 19.0 Å². The highest BCUT2D eigenvalue weighted by molar-refractivity contribution is 5.87. The molecule has 0 bridgehead atoms. The summed E-state index contributed by atoms with van der Waals surface area (Å²) in [6.45, 7) is 6.55. The maximum Gasteiger partial charge on any atom is 0.416 e. The highest BCUT2D eigenvalue weighted by Crippen LogP contribution is 2.33. The molecule has 1 amide bonds. The Kier molecular flexibility index (Phi) is 7.24. The molecule has 2 unspecified atom stereocenters. The minimum Gasteiger partial charge on any atom is -0.388 e. The quantitative estimate of drug-likeness (QED) is 0.489. The normalized spacial score (nSPS) is 21.1. The fourth-order valence-corrected chi connectivity index (χ4v) is 4.87. The first kappa shape index (κ1) is 25.9. The number of piperidine rings is 1. The van der Waals surface area contributed by atoms with E-state index in [2.05, 4.69) is 9.97 Å². The second-order valence-electron chi connectivity index (χ2n) is 9.54. The van der Waals surface area contributed by atoms with Gasteiger partial charge in [0.2, 0.25) is 5.91 Å². The van der Waals surface area contributed by atoms with E-state index in [-0.39, 0.29) is 18.4 Å². The van der Waals surface area contributed by atoms with Crippen molar-refractivity contribution in [1.29, 1.82) is 0 Å². The number of halogens is 3. The Balaban J connectivity index is 1.54. The first-order chi connectivity index (χ1) is 17.0. The van der Waals surface area contributed by atoms with Gasteiger partial charge in [0, 0.05) is 32.4 Å². The third kappa shape index (κ3) is 5.46. The SMILES string of the molecule is CCN(Cc1ccc(C(F)(F)F)cc1)c1ncnc2c1ccn2CC1(O)CCN(CC(N)=O)CC1C. The summed E-state index contributed by atoms with van der Waals surface area (Å²) in [5.41, 5.74) is 5.08. The van der Waals surface area contributed by atoms with Crippen molar-refractivity contribution in [1.82, 2.24) is 19.4 Å². The van der Waals surface area contributed by atoms with E-state index in [9.17, 15) is 23.1 Å². The first-order valence-corrected chi connectivity index (χ1v) is 11.9. The van der Waals surface area contributed by atoms with Crippen molar-refractivity contribution in [3.8, 4) is 0 Å². The zero-order valence-electron chi connectivity index (χ0n) is 20.4. The summed E-state index contributed by atoms with van der Waals surface area (Å²) in [5.74, 6) is 0.207. The Bertz CT molecular complexity index is 1210. The topological polar surface area (TPSA) is 101 Å². The molecule has 8 nitrogen and oxygen atoms in total. The van der Waals surface area contributed by atoms with E-state index in [1.165, 1.54) is 18.5 Å². The number of amides is 1. The standard InChI is InChI=1S/C25H31F3N6O2/c1-3-33(13-18-4-6-19(7-5-18)25(26,27)28)22-20-8-10-34(23(20)31-16-30-22)15-24(36)9-11-32(12-17(24)2)14-21(29)35/h4-8,10,16-17,36H,3,9,11-15H2,1-2H3,(H2,29,35). The van der Waals surface area contributed by atoms with Crippen molar-refractivity contribution >= 4 is 22.8 Å². The van der Waals surface area contributed by atoms with Gasteiger partial charge >= 0.3 is 6.18 Å². The number of anilines is 1. The molecule has 3 aromatic rings. The van der Waals surface area contributed by atoms with Crippen LogP contribution in [0, 0.1) is 5.92 Å². The smallest absolute Gasteiger partial charge is 0.388 e. The van der Waals surface area contributed by atoms with E-state index in [4.69, 9.17) is 5.73 Å². The first-order valence-electron chi connectivity index (χ1n) is 11.9. The molecule has 0 spiro atoms. The molecule has 1 aliphatic heterocycles. The van der Waals surface area contributed by atoms with Crippen LogP contribution in [0.25, 0.3) is 11.0 Å². The number of primary amides is 1. The van der Waals surface area contributed by atoms with E-state index in [1.807, 2.05) is 40.5 Å². The van der Waals surface area contributed by atoms with Gasteiger partial charge in [-0.1, -0.05) is 19.1 Å². The lowest BCUT2D eigenvalue weighted by molar-refractivity contribution is -0.137. The summed E-state index contributed by atoms with van der Waals surface area (Å²) in [5, 5.41) is 12.2. The monoisotopic (exact) mass is 504 g/mol. The molecular formula is C25H31F3N6O2. The third-order valence-corrected chi connectivity index (χ3v) is 7.00. The summed E-state index contributed by atoms with van der Waals surface area (Å²) in [6.07, 6.45) is -0.541. The van der Waals surface area contributed by atoms with Crippen molar-refractivity contribution in [2.75, 3.05) is 31.1 Å². The van der Waals surface area contributed by atoms with Crippen molar-refractivity contribution in [2.45, 2.75) is 45.1 Å². The van der Waals surface area contributed by atoms with Crippen molar-refractivity contribution in [2.24, 2.45) is 11.7 Å². The van der Waals surface area contributed by atoms with Gasteiger partial charge < -0.3 is 20.3 Å². The molecular weight excluding hydrogens is 473 g/mol. The molecule has 3 N–H and O–H groups in total. The Morgan fingerprint density at radius 3 is 2.58 bits per heavy atom. The van der Waals surface area contributed by atoms with Gasteiger partial charge in [0.1, 0.15) is 17.8 Å². The number of carbonyl (C=O) groups is 1. The molecule has 1 aliphatic rings. The van der Waals surface area contributed by atoms with Crippen LogP contribution in [0.2, 0.25) is 0 Å². The largest absolute Gasteiger partial charge is 0.416 e. The molecule has 2 aromatic heterocycles. The van der Waals surface area contributed by atoms with Crippen LogP contribution >= 0.6 is 0 Å². The molecule has 0 aliphatic carbocycles. The molecule has 3 heterocycles. The van der Waals surface area contributed by atoms with Crippen LogP contribution in [0.5, 0.6) is 0 Å². The second kappa shape index (κ2) is 10.1. The number of rotatable bonds is 8. The van der Waals surface area contributed by atoms with Gasteiger partial charge in [-0.3, -0.25) is 9.69 Å². The molecule has 11 heteroatoms. The molecule has 1 fully saturated rings. The number of nitrogens with two attached hydrogens (primary N) is 1. The summed E-state index contributed by atoms with van der Waals surface area (Å²) < 4.78 is 40.6. The minimum absolute atomic E-state index is 0.0869. The van der Waals surface area contributed by atoms with Gasteiger partial charge in [-0.2, -0.15) is 13.2 Å². The van der Waals surface area contributed by atoms with Crippen LogP contribution in [0.15, 0.2) is 42.9 Å². The fourth-order valence-electron chi connectivity index (χ4n) is 4.87. The van der Waals surface area contributed by atoms with E-state index in [0.29, 0.717) is 50.6 Å². The molecule has 194 valence electrons. The molecule has 1 aromatic carbocycles. The van der Waals surface area contributed by atoms with Crippen LogP contribution in [0.1, 0.15) is 31.4 Å². The highest BCUT2D eigenvalue weighted by Gasteiger charge is 2.39. The van der Waals surface area contributed by atoms with Crippen LogP contribution in [-0.4, -0.2) is 62.2 Å². The number of aromatic nitrogens is 3. The van der Waals surface area contributed by atoms with Gasteiger partial charge in [0.25, 0.3) is 0 Å². The molecule has 36 heavy (non-hydrogen) atoms. The van der Waals surface area contributed by atoms with E-state index >= 15 is 0 Å². The van der Waals surface area contributed by atoms with Crippen molar-refractivity contribution in [3.05, 3.63) is 54.0 Å². The number of fused-ring (bicyclic) bond motifs is 1. The van der Waals surface area contributed by atoms with Gasteiger partial charge in [-0.15, -0.1) is 0 Å². The maximum atomic E-state index is 12.9. The van der Waals surface area contributed by atoms with Crippen molar-refractivity contribution < 1.29 is 23.1 Å². The Morgan fingerprint density at radius 2 is 1.97 bits per heavy atom. The number of carbonyl (C=O) groups excluding carboxylic acids is 1. The predicted octanol–water partition coefficient (Wildman–Crippen LogP) is 3.03. The lowest BCUT2D eigenvalue weighted by Gasteiger charge is -2.43. The molecule has 0 radical (unpaired) electrons. The summed E-state index contributed by atoms with van der Waals surface area (Å²) >= 11 is 0. The van der Waals surface area contributed by atoms with Gasteiger partial charge in [0.15, 0.2) is 0 Å². The average Bonchev–Trinajstić information content (AvgIpc) is 3.22. The number of alkyl halides is 3. The maximum absolute atomic E-state index is 12.9. The number of nitrogens with zero attached hydrogens (tertiary/aromatic N) is 5. The number of hydrogen-bond donors (Lipinski definition) is 2. The third-order valence-electron chi connectivity index (χ3n) is 7.00. The summed E-state index contributed by atoms with van der Waals surface area (Å²) in [4.78, 5) is 24.1. The number of aliphatic hydroxyl groups is 1. The number of benzene rings is 1. The Labute approximate surface area is 207 Å².